The van der Waals surface area contributed by atoms with Crippen LogP contribution >= 0.6 is 0 Å². The second kappa shape index (κ2) is 9.91. The highest BCUT2D eigenvalue weighted by Crippen LogP contribution is 2.34. The van der Waals surface area contributed by atoms with E-state index in [1.165, 1.54) is 29.5 Å². The molecule has 3 saturated heterocycles. The summed E-state index contributed by atoms with van der Waals surface area (Å²) in [6.45, 7) is 7.90. The van der Waals surface area contributed by atoms with Gasteiger partial charge in [-0.2, -0.15) is 0 Å². The van der Waals surface area contributed by atoms with Crippen LogP contribution in [-0.4, -0.2) is 89.2 Å². The van der Waals surface area contributed by atoms with Gasteiger partial charge in [0.25, 0.3) is 0 Å². The van der Waals surface area contributed by atoms with E-state index in [4.69, 9.17) is 0 Å². The molecule has 38 heavy (non-hydrogen) atoms. The Kier molecular flexibility index (Phi) is 6.58. The molecule has 1 spiro atoms. The largest absolute Gasteiger partial charge is 0.343 e. The fourth-order valence-corrected chi connectivity index (χ4v) is 7.04. The van der Waals surface area contributed by atoms with Crippen LogP contribution in [0.2, 0.25) is 0 Å². The molecule has 5 aliphatic heterocycles. The topological polar surface area (TPSA) is 102 Å². The maximum absolute atomic E-state index is 13.9. The number of likely N-dealkylation sites (tertiary alicyclic amines) is 2. The first-order valence-electron chi connectivity index (χ1n) is 14.1. The van der Waals surface area contributed by atoms with Gasteiger partial charge in [0, 0.05) is 50.9 Å². The minimum atomic E-state index is -0.809. The van der Waals surface area contributed by atoms with Crippen molar-refractivity contribution < 1.29 is 19.2 Å². The molecule has 9 nitrogen and oxygen atoms in total. The van der Waals surface area contributed by atoms with Crippen LogP contribution in [-0.2, 0) is 38.7 Å². The molecular formula is C29H37N5O4. The van der Waals surface area contributed by atoms with Gasteiger partial charge in [0.05, 0.1) is 18.9 Å². The molecule has 1 N–H and O–H groups in total. The predicted octanol–water partition coefficient (Wildman–Crippen LogP) is 1.36. The summed E-state index contributed by atoms with van der Waals surface area (Å²) in [5.74, 6) is -0.690. The zero-order valence-corrected chi connectivity index (χ0v) is 22.3. The van der Waals surface area contributed by atoms with Gasteiger partial charge in [0.2, 0.25) is 17.7 Å². The molecule has 0 aliphatic carbocycles. The minimum absolute atomic E-state index is 0.0441. The zero-order valence-electron chi connectivity index (χ0n) is 22.3. The van der Waals surface area contributed by atoms with Crippen molar-refractivity contribution in [3.8, 4) is 0 Å². The summed E-state index contributed by atoms with van der Waals surface area (Å²) in [4.78, 5) is 62.3. The van der Waals surface area contributed by atoms with Crippen molar-refractivity contribution >= 4 is 29.7 Å². The fraction of sp³-hybridized carbons (Fsp3) is 0.621. The van der Waals surface area contributed by atoms with E-state index in [1.807, 2.05) is 11.1 Å². The highest BCUT2D eigenvalue weighted by molar-refractivity contribution is 6.10. The third-order valence-electron chi connectivity index (χ3n) is 9.36. The highest BCUT2D eigenvalue weighted by Gasteiger charge is 2.48. The summed E-state index contributed by atoms with van der Waals surface area (Å²) in [6, 6.07) is 2.20. The van der Waals surface area contributed by atoms with Gasteiger partial charge in [-0.3, -0.25) is 24.2 Å². The van der Waals surface area contributed by atoms with E-state index in [0.717, 1.165) is 30.8 Å². The van der Waals surface area contributed by atoms with Crippen LogP contribution in [0.5, 0.6) is 0 Å². The molecule has 0 saturated carbocycles. The van der Waals surface area contributed by atoms with Gasteiger partial charge in [0.15, 0.2) is 5.78 Å². The molecule has 6 rings (SSSR count). The molecule has 5 aliphatic rings. The molecule has 0 radical (unpaired) electrons. The molecule has 3 amide bonds. The molecule has 0 unspecified atom stereocenters. The van der Waals surface area contributed by atoms with Crippen molar-refractivity contribution in [1.82, 2.24) is 20.0 Å². The van der Waals surface area contributed by atoms with Gasteiger partial charge in [0.1, 0.15) is 5.54 Å². The molecule has 3 fully saturated rings. The van der Waals surface area contributed by atoms with Gasteiger partial charge in [-0.1, -0.05) is 6.07 Å². The number of benzene rings is 1. The molecule has 1 atom stereocenters. The Morgan fingerprint density at radius 3 is 2.55 bits per heavy atom. The number of carbonyl (C=O) groups excluding carboxylic acids is 4. The van der Waals surface area contributed by atoms with Gasteiger partial charge < -0.3 is 20.0 Å². The smallest absolute Gasteiger partial charge is 0.228 e. The number of carbonyl (C=O) groups is 4. The van der Waals surface area contributed by atoms with Gasteiger partial charge in [-0.15, -0.1) is 0 Å². The molecule has 0 bridgehead atoms. The number of ketones is 1. The molecule has 202 valence electrons. The molecule has 1 aromatic rings. The molecule has 0 aromatic heterocycles. The van der Waals surface area contributed by atoms with Gasteiger partial charge >= 0.3 is 0 Å². The number of aryl methyl sites for hydroxylation is 1. The summed E-state index contributed by atoms with van der Waals surface area (Å²) < 4.78 is 0. The lowest BCUT2D eigenvalue weighted by Crippen LogP contribution is -2.55. The number of hydrogen-bond donors (Lipinski definition) is 1. The average molecular weight is 520 g/mol. The van der Waals surface area contributed by atoms with Crippen LogP contribution in [0.4, 0.5) is 0 Å². The quantitative estimate of drug-likeness (QED) is 0.592. The van der Waals surface area contributed by atoms with E-state index in [-0.39, 0.29) is 36.3 Å². The lowest BCUT2D eigenvalue weighted by Gasteiger charge is -2.38. The number of amides is 3. The number of hydrogen-bond acceptors (Lipinski definition) is 6. The van der Waals surface area contributed by atoms with Crippen molar-refractivity contribution in [3.05, 3.63) is 33.9 Å². The van der Waals surface area contributed by atoms with Gasteiger partial charge in [-0.05, 0) is 74.4 Å². The normalized spacial score (nSPS) is 24.7. The third kappa shape index (κ3) is 4.55. The van der Waals surface area contributed by atoms with E-state index in [1.54, 1.807) is 4.90 Å². The van der Waals surface area contributed by atoms with Crippen molar-refractivity contribution in [2.45, 2.75) is 70.5 Å². The lowest BCUT2D eigenvalue weighted by atomic mass is 9.84. The Hall–Kier alpha value is -3.07. The highest BCUT2D eigenvalue weighted by atomic mass is 16.2. The van der Waals surface area contributed by atoms with E-state index in [0.29, 0.717) is 52.0 Å². The first kappa shape index (κ1) is 25.2. The summed E-state index contributed by atoms with van der Waals surface area (Å²) in [7, 11) is 0. The molecule has 9 heteroatoms. The third-order valence-corrected chi connectivity index (χ3v) is 9.36. The number of nitrogens with zero attached hydrogens (tertiary/aromatic N) is 4. The molecule has 5 heterocycles. The van der Waals surface area contributed by atoms with Crippen LogP contribution < -0.4 is 5.32 Å². The summed E-state index contributed by atoms with van der Waals surface area (Å²) >= 11 is 0. The summed E-state index contributed by atoms with van der Waals surface area (Å²) in [6.07, 6.45) is 5.92. The Morgan fingerprint density at radius 2 is 1.84 bits per heavy atom. The molecular weight excluding hydrogens is 482 g/mol. The number of nitrogens with one attached hydrogen (secondary N) is 1. The van der Waals surface area contributed by atoms with Crippen molar-refractivity contribution in [2.24, 2.45) is 10.9 Å². The number of aliphatic imine (C=N–C) groups is 1. The Labute approximate surface area is 223 Å². The van der Waals surface area contributed by atoms with E-state index >= 15 is 0 Å². The van der Waals surface area contributed by atoms with E-state index in [9.17, 15) is 19.2 Å². The predicted molar refractivity (Wildman–Crippen MR) is 142 cm³/mol. The van der Waals surface area contributed by atoms with E-state index < -0.39 is 11.5 Å². The zero-order chi connectivity index (χ0) is 26.4. The maximum Gasteiger partial charge on any atom is 0.228 e. The Morgan fingerprint density at radius 1 is 1.08 bits per heavy atom. The summed E-state index contributed by atoms with van der Waals surface area (Å²) in [5.41, 5.74) is 5.14. The SMILES string of the molecule is Cc1cc2c(c3c1CN=C3)CN(CCN1CCCC1)C(=O)[C@H](CC(=O)N1CCC3(CC1)NC(=O)CC3=O)C2. The first-order valence-corrected chi connectivity index (χ1v) is 14.1. The average Bonchev–Trinajstić information content (AvgIpc) is 3.63. The van der Waals surface area contributed by atoms with Crippen LogP contribution in [0, 0.1) is 12.8 Å². The standard InChI is InChI=1S/C29H37N5O4/c1-19-12-20-13-21(14-27(37)33-8-4-29(5-9-33)25(35)15-26(36)31-29)28(38)34(11-10-32-6-2-3-7-32)18-24(20)23-17-30-16-22(19)23/h12,17,21H,2-11,13-16,18H2,1H3,(H,31,36)/t21-/m0/s1. The first-order chi connectivity index (χ1) is 18.3. The monoisotopic (exact) mass is 519 g/mol. The molecule has 1 aromatic carbocycles. The second-order valence-corrected chi connectivity index (χ2v) is 11.7. The maximum atomic E-state index is 13.9. The lowest BCUT2D eigenvalue weighted by molar-refractivity contribution is -0.142. The number of piperidine rings is 1. The van der Waals surface area contributed by atoms with Crippen molar-refractivity contribution in [1.29, 1.82) is 0 Å². The fourth-order valence-electron chi connectivity index (χ4n) is 7.04. The Balaban J connectivity index is 1.20. The van der Waals surface area contributed by atoms with Crippen LogP contribution in [0.25, 0.3) is 0 Å². The second-order valence-electron chi connectivity index (χ2n) is 11.7. The number of rotatable bonds is 5. The number of Topliss-reactive ketones (excluding diaryl/α,β-unsaturated/α-hetero) is 1. The van der Waals surface area contributed by atoms with Crippen LogP contribution in [0.1, 0.15) is 66.3 Å². The van der Waals surface area contributed by atoms with Crippen LogP contribution in [0.15, 0.2) is 11.1 Å². The Bertz CT molecular complexity index is 1210. The van der Waals surface area contributed by atoms with Crippen molar-refractivity contribution in [2.75, 3.05) is 39.3 Å². The summed E-state index contributed by atoms with van der Waals surface area (Å²) in [5, 5.41) is 2.85. The van der Waals surface area contributed by atoms with Crippen LogP contribution in [0.3, 0.4) is 0 Å². The van der Waals surface area contributed by atoms with Gasteiger partial charge in [-0.25, -0.2) is 0 Å². The minimum Gasteiger partial charge on any atom is -0.343 e. The van der Waals surface area contributed by atoms with E-state index in [2.05, 4.69) is 28.2 Å². The number of fused-ring (bicyclic) bond motifs is 3. The van der Waals surface area contributed by atoms with Crippen molar-refractivity contribution in [3.63, 3.8) is 0 Å².